The van der Waals surface area contributed by atoms with E-state index in [1.54, 1.807) is 19.1 Å². The number of halogens is 1. The number of ether oxygens (including phenoxy) is 1. The molecule has 2 aromatic rings. The van der Waals surface area contributed by atoms with Crippen LogP contribution in [0.4, 0.5) is 4.39 Å². The first-order chi connectivity index (χ1) is 12.8. The van der Waals surface area contributed by atoms with E-state index in [2.05, 4.69) is 10.5 Å². The van der Waals surface area contributed by atoms with Crippen molar-refractivity contribution in [1.29, 1.82) is 0 Å². The highest BCUT2D eigenvalue weighted by molar-refractivity contribution is 7.99. The van der Waals surface area contributed by atoms with Gasteiger partial charge in [-0.3, -0.25) is 9.59 Å². The van der Waals surface area contributed by atoms with Gasteiger partial charge in [-0.1, -0.05) is 17.3 Å². The number of nitrogens with zero attached hydrogens (tertiary/aromatic N) is 1. The van der Waals surface area contributed by atoms with E-state index in [0.29, 0.717) is 5.75 Å². The summed E-state index contributed by atoms with van der Waals surface area (Å²) in [5.74, 6) is 0.220. The molecule has 0 saturated carbocycles. The Balaban J connectivity index is 1.76. The Morgan fingerprint density at radius 2 is 1.93 bits per heavy atom. The lowest BCUT2D eigenvalue weighted by Crippen LogP contribution is -2.37. The van der Waals surface area contributed by atoms with Gasteiger partial charge in [0.1, 0.15) is 11.6 Å². The van der Waals surface area contributed by atoms with Crippen LogP contribution in [-0.4, -0.2) is 28.9 Å². The van der Waals surface area contributed by atoms with Crippen molar-refractivity contribution in [3.63, 3.8) is 0 Å². The van der Waals surface area contributed by atoms with Crippen LogP contribution in [0.15, 0.2) is 28.8 Å². The zero-order chi connectivity index (χ0) is 20.0. The fourth-order valence-corrected chi connectivity index (χ4v) is 3.35. The van der Waals surface area contributed by atoms with Gasteiger partial charge in [0.15, 0.2) is 6.10 Å². The number of aromatic nitrogens is 1. The van der Waals surface area contributed by atoms with Crippen LogP contribution >= 0.6 is 11.8 Å². The van der Waals surface area contributed by atoms with Crippen LogP contribution in [0.3, 0.4) is 0 Å². The van der Waals surface area contributed by atoms with E-state index >= 15 is 0 Å². The van der Waals surface area contributed by atoms with Crippen molar-refractivity contribution in [3.05, 3.63) is 52.7 Å². The molecule has 0 aliphatic rings. The lowest BCUT2D eigenvalue weighted by atomic mass is 10.1. The van der Waals surface area contributed by atoms with Crippen molar-refractivity contribution in [2.24, 2.45) is 0 Å². The molecule has 1 N–H and O–H groups in total. The maximum absolute atomic E-state index is 13.0. The van der Waals surface area contributed by atoms with Gasteiger partial charge in [-0.2, -0.15) is 0 Å². The van der Waals surface area contributed by atoms with Gasteiger partial charge in [-0.05, 0) is 45.4 Å². The van der Waals surface area contributed by atoms with E-state index in [9.17, 15) is 14.0 Å². The average molecular weight is 394 g/mol. The third kappa shape index (κ3) is 6.09. The predicted molar refractivity (Wildman–Crippen MR) is 101 cm³/mol. The van der Waals surface area contributed by atoms with Crippen LogP contribution in [0.1, 0.15) is 42.5 Å². The Bertz CT molecular complexity index is 772. The maximum atomic E-state index is 13.0. The monoisotopic (exact) mass is 394 g/mol. The SMILES string of the molecule is Cc1noc(C)c1CSCC(=O)OC(C)C(=O)NC(C)c1ccc(F)cc1. The van der Waals surface area contributed by atoms with Crippen molar-refractivity contribution in [2.45, 2.75) is 45.6 Å². The molecular weight excluding hydrogens is 371 g/mol. The lowest BCUT2D eigenvalue weighted by molar-refractivity contribution is -0.152. The third-order valence-electron chi connectivity index (χ3n) is 4.05. The molecule has 0 saturated heterocycles. The first kappa shape index (κ1) is 21.0. The smallest absolute Gasteiger partial charge is 0.316 e. The van der Waals surface area contributed by atoms with Gasteiger partial charge in [0.2, 0.25) is 0 Å². The topological polar surface area (TPSA) is 81.4 Å². The minimum Gasteiger partial charge on any atom is -0.452 e. The molecule has 0 fully saturated rings. The molecule has 1 amide bonds. The largest absolute Gasteiger partial charge is 0.452 e. The van der Waals surface area contributed by atoms with Gasteiger partial charge in [0.25, 0.3) is 5.91 Å². The number of hydrogen-bond donors (Lipinski definition) is 1. The van der Waals surface area contributed by atoms with Gasteiger partial charge in [0.05, 0.1) is 17.5 Å². The minimum absolute atomic E-state index is 0.120. The van der Waals surface area contributed by atoms with Gasteiger partial charge in [-0.25, -0.2) is 4.39 Å². The fraction of sp³-hybridized carbons (Fsp3) is 0.421. The first-order valence-electron chi connectivity index (χ1n) is 8.52. The summed E-state index contributed by atoms with van der Waals surface area (Å²) in [5.41, 5.74) is 2.53. The van der Waals surface area contributed by atoms with Crippen molar-refractivity contribution in [1.82, 2.24) is 10.5 Å². The molecule has 1 heterocycles. The van der Waals surface area contributed by atoms with Gasteiger partial charge >= 0.3 is 5.97 Å². The zero-order valence-electron chi connectivity index (χ0n) is 15.7. The third-order valence-corrected chi connectivity index (χ3v) is 4.99. The van der Waals surface area contributed by atoms with E-state index < -0.39 is 18.0 Å². The normalized spacial score (nSPS) is 13.1. The molecule has 0 spiro atoms. The summed E-state index contributed by atoms with van der Waals surface area (Å²) in [4.78, 5) is 24.1. The van der Waals surface area contributed by atoms with Gasteiger partial charge < -0.3 is 14.6 Å². The zero-order valence-corrected chi connectivity index (χ0v) is 16.6. The second-order valence-electron chi connectivity index (χ2n) is 6.21. The van der Waals surface area contributed by atoms with Crippen LogP contribution in [0, 0.1) is 19.7 Å². The molecule has 2 atom stereocenters. The molecule has 8 heteroatoms. The van der Waals surface area contributed by atoms with Crippen molar-refractivity contribution < 1.29 is 23.2 Å². The molecule has 0 aliphatic carbocycles. The molecule has 0 aliphatic heterocycles. The van der Waals surface area contributed by atoms with E-state index in [1.807, 2.05) is 13.8 Å². The second kappa shape index (κ2) is 9.55. The van der Waals surface area contributed by atoms with Crippen molar-refractivity contribution in [2.75, 3.05) is 5.75 Å². The van der Waals surface area contributed by atoms with Crippen LogP contribution in [0.2, 0.25) is 0 Å². The minimum atomic E-state index is -0.917. The second-order valence-corrected chi connectivity index (χ2v) is 7.20. The molecule has 0 radical (unpaired) electrons. The first-order valence-corrected chi connectivity index (χ1v) is 9.68. The molecule has 1 aromatic carbocycles. The summed E-state index contributed by atoms with van der Waals surface area (Å²) in [6.45, 7) is 6.96. The van der Waals surface area contributed by atoms with Crippen molar-refractivity contribution in [3.8, 4) is 0 Å². The highest BCUT2D eigenvalue weighted by atomic mass is 32.2. The quantitative estimate of drug-likeness (QED) is 0.691. The van der Waals surface area contributed by atoms with E-state index in [1.165, 1.54) is 30.8 Å². The summed E-state index contributed by atoms with van der Waals surface area (Å²) in [7, 11) is 0. The Morgan fingerprint density at radius 1 is 1.26 bits per heavy atom. The summed E-state index contributed by atoms with van der Waals surface area (Å²) in [6, 6.07) is 5.54. The Hall–Kier alpha value is -2.35. The number of esters is 1. The summed E-state index contributed by atoms with van der Waals surface area (Å²) in [5, 5.41) is 6.61. The predicted octanol–water partition coefficient (Wildman–Crippen LogP) is 3.47. The molecule has 1 aromatic heterocycles. The maximum Gasteiger partial charge on any atom is 0.316 e. The highest BCUT2D eigenvalue weighted by Gasteiger charge is 2.20. The summed E-state index contributed by atoms with van der Waals surface area (Å²) in [6.07, 6.45) is -0.917. The molecule has 0 bridgehead atoms. The molecular formula is C19H23FN2O4S. The number of hydrogen-bond acceptors (Lipinski definition) is 6. The molecule has 2 rings (SSSR count). The Kier molecular flexibility index (Phi) is 7.41. The summed E-state index contributed by atoms with van der Waals surface area (Å²) >= 11 is 1.37. The van der Waals surface area contributed by atoms with Gasteiger partial charge in [-0.15, -0.1) is 11.8 Å². The van der Waals surface area contributed by atoms with Crippen LogP contribution < -0.4 is 5.32 Å². The average Bonchev–Trinajstić information content (AvgIpc) is 2.94. The lowest BCUT2D eigenvalue weighted by Gasteiger charge is -2.18. The standard InChI is InChI=1S/C19H23FN2O4S/c1-11(15-5-7-16(20)8-6-15)21-19(24)14(4)25-18(23)10-27-9-17-12(2)22-26-13(17)3/h5-8,11,14H,9-10H2,1-4H3,(H,21,24). The van der Waals surface area contributed by atoms with Crippen LogP contribution in [0.25, 0.3) is 0 Å². The Labute approximate surface area is 161 Å². The number of amides is 1. The van der Waals surface area contributed by atoms with Crippen LogP contribution in [0.5, 0.6) is 0 Å². The number of carbonyl (C=O) groups is 2. The molecule has 27 heavy (non-hydrogen) atoms. The Morgan fingerprint density at radius 3 is 2.52 bits per heavy atom. The summed E-state index contributed by atoms with van der Waals surface area (Å²) < 4.78 is 23.2. The van der Waals surface area contributed by atoms with E-state index in [4.69, 9.17) is 9.26 Å². The molecule has 146 valence electrons. The number of aryl methyl sites for hydroxylation is 2. The van der Waals surface area contributed by atoms with E-state index in [-0.39, 0.29) is 17.6 Å². The van der Waals surface area contributed by atoms with Crippen LogP contribution in [-0.2, 0) is 20.1 Å². The van der Waals surface area contributed by atoms with Gasteiger partial charge in [0, 0.05) is 11.3 Å². The number of nitrogens with one attached hydrogen (secondary N) is 1. The van der Waals surface area contributed by atoms with Crippen molar-refractivity contribution >= 4 is 23.6 Å². The number of carbonyl (C=O) groups excluding carboxylic acids is 2. The highest BCUT2D eigenvalue weighted by Crippen LogP contribution is 2.19. The fourth-order valence-electron chi connectivity index (χ4n) is 2.39. The molecule has 2 unspecified atom stereocenters. The molecule has 6 nitrogen and oxygen atoms in total. The number of rotatable bonds is 8. The van der Waals surface area contributed by atoms with E-state index in [0.717, 1.165) is 22.6 Å². The number of benzene rings is 1. The number of thioether (sulfide) groups is 1.